The number of fused-ring (bicyclic) bond motifs is 1. The maximum absolute atomic E-state index is 11.9. The third-order valence-electron chi connectivity index (χ3n) is 3.11. The second-order valence-corrected chi connectivity index (χ2v) is 6.15. The fourth-order valence-corrected chi connectivity index (χ4v) is 3.09. The van der Waals surface area contributed by atoms with E-state index in [1.165, 1.54) is 11.8 Å². The molecule has 8 nitrogen and oxygen atoms in total. The van der Waals surface area contributed by atoms with Crippen LogP contribution < -0.4 is 5.32 Å². The molecule has 3 rings (SSSR count). The Morgan fingerprint density at radius 1 is 1.30 bits per heavy atom. The van der Waals surface area contributed by atoms with Gasteiger partial charge in [0.15, 0.2) is 16.6 Å². The van der Waals surface area contributed by atoms with E-state index in [1.807, 2.05) is 24.3 Å². The van der Waals surface area contributed by atoms with Gasteiger partial charge < -0.3 is 9.84 Å². The molecular formula is C14H16N6O2S. The molecular weight excluding hydrogens is 316 g/mol. The molecule has 0 aromatic carbocycles. The summed E-state index contributed by atoms with van der Waals surface area (Å²) in [5.74, 6) is 2.38. The van der Waals surface area contributed by atoms with Crippen LogP contribution in [0.15, 0.2) is 21.8 Å². The van der Waals surface area contributed by atoms with E-state index in [2.05, 4.69) is 25.7 Å². The first kappa shape index (κ1) is 15.5. The number of nitrogens with one attached hydrogen (secondary N) is 1. The SMILES string of the molecule is Cc1cc2nnc(SCCC(=O)Nc3cc(C)on3)n2c(C)n1. The largest absolute Gasteiger partial charge is 0.360 e. The maximum Gasteiger partial charge on any atom is 0.226 e. The van der Waals surface area contributed by atoms with Gasteiger partial charge in [-0.15, -0.1) is 10.2 Å². The van der Waals surface area contributed by atoms with E-state index in [0.717, 1.165) is 22.3 Å². The topological polar surface area (TPSA) is 98.2 Å². The van der Waals surface area contributed by atoms with Crippen LogP contribution in [-0.2, 0) is 4.79 Å². The minimum atomic E-state index is -0.120. The molecule has 0 saturated heterocycles. The summed E-state index contributed by atoms with van der Waals surface area (Å²) in [6.07, 6.45) is 0.337. The van der Waals surface area contributed by atoms with Crippen molar-refractivity contribution in [2.24, 2.45) is 0 Å². The van der Waals surface area contributed by atoms with Gasteiger partial charge in [-0.25, -0.2) is 4.98 Å². The Labute approximate surface area is 136 Å². The van der Waals surface area contributed by atoms with Gasteiger partial charge in [-0.05, 0) is 20.8 Å². The van der Waals surface area contributed by atoms with Crippen LogP contribution in [-0.4, -0.2) is 36.4 Å². The van der Waals surface area contributed by atoms with Gasteiger partial charge in [0, 0.05) is 30.0 Å². The number of hydrogen-bond donors (Lipinski definition) is 1. The van der Waals surface area contributed by atoms with Crippen molar-refractivity contribution < 1.29 is 9.32 Å². The Bertz CT molecular complexity index is 856. The van der Waals surface area contributed by atoms with Crippen LogP contribution >= 0.6 is 11.8 Å². The fraction of sp³-hybridized carbons (Fsp3) is 0.357. The normalized spacial score (nSPS) is 11.1. The van der Waals surface area contributed by atoms with Crippen molar-refractivity contribution in [3.05, 3.63) is 29.4 Å². The number of hydrogen-bond acceptors (Lipinski definition) is 7. The van der Waals surface area contributed by atoms with Crippen LogP contribution in [0.2, 0.25) is 0 Å². The molecule has 0 spiro atoms. The lowest BCUT2D eigenvalue weighted by atomic mass is 10.4. The van der Waals surface area contributed by atoms with Crippen molar-refractivity contribution in [1.29, 1.82) is 0 Å². The number of anilines is 1. The molecule has 3 heterocycles. The number of aromatic nitrogens is 5. The van der Waals surface area contributed by atoms with E-state index >= 15 is 0 Å². The molecule has 9 heteroatoms. The Hall–Kier alpha value is -2.42. The maximum atomic E-state index is 11.9. The first-order valence-corrected chi connectivity index (χ1v) is 8.07. The van der Waals surface area contributed by atoms with Gasteiger partial charge in [0.25, 0.3) is 0 Å². The van der Waals surface area contributed by atoms with E-state index in [0.29, 0.717) is 23.8 Å². The fourth-order valence-electron chi connectivity index (χ4n) is 2.16. The summed E-state index contributed by atoms with van der Waals surface area (Å²) in [5, 5.41) is 15.4. The van der Waals surface area contributed by atoms with Gasteiger partial charge in [0.1, 0.15) is 11.6 Å². The van der Waals surface area contributed by atoms with Crippen molar-refractivity contribution in [1.82, 2.24) is 24.7 Å². The molecule has 0 saturated carbocycles. The monoisotopic (exact) mass is 332 g/mol. The summed E-state index contributed by atoms with van der Waals surface area (Å²) in [5.41, 5.74) is 1.67. The predicted octanol–water partition coefficient (Wildman–Crippen LogP) is 2.16. The van der Waals surface area contributed by atoms with Crippen molar-refractivity contribution in [3.63, 3.8) is 0 Å². The summed E-state index contributed by atoms with van der Waals surface area (Å²) >= 11 is 1.47. The van der Waals surface area contributed by atoms with E-state index in [1.54, 1.807) is 13.0 Å². The zero-order valence-corrected chi connectivity index (χ0v) is 13.8. The highest BCUT2D eigenvalue weighted by Gasteiger charge is 2.11. The molecule has 0 aliphatic rings. The van der Waals surface area contributed by atoms with Gasteiger partial charge in [0.05, 0.1) is 0 Å². The Morgan fingerprint density at radius 3 is 2.87 bits per heavy atom. The highest BCUT2D eigenvalue weighted by Crippen LogP contribution is 2.19. The number of nitrogens with zero attached hydrogens (tertiary/aromatic N) is 5. The van der Waals surface area contributed by atoms with Gasteiger partial charge in [-0.1, -0.05) is 16.9 Å². The van der Waals surface area contributed by atoms with Crippen LogP contribution in [0.4, 0.5) is 5.82 Å². The zero-order chi connectivity index (χ0) is 16.4. The first-order valence-electron chi connectivity index (χ1n) is 7.08. The molecule has 23 heavy (non-hydrogen) atoms. The third kappa shape index (κ3) is 3.50. The average molecular weight is 332 g/mol. The predicted molar refractivity (Wildman–Crippen MR) is 85.5 cm³/mol. The van der Waals surface area contributed by atoms with Crippen LogP contribution in [0, 0.1) is 20.8 Å². The zero-order valence-electron chi connectivity index (χ0n) is 13.0. The quantitative estimate of drug-likeness (QED) is 0.715. The molecule has 3 aromatic heterocycles. The molecule has 0 aliphatic carbocycles. The Morgan fingerprint density at radius 2 is 2.13 bits per heavy atom. The molecule has 120 valence electrons. The molecule has 1 N–H and O–H groups in total. The number of carbonyl (C=O) groups is 1. The lowest BCUT2D eigenvalue weighted by Crippen LogP contribution is -2.12. The Kier molecular flexibility index (Phi) is 4.28. The van der Waals surface area contributed by atoms with Crippen molar-refractivity contribution in [2.45, 2.75) is 32.3 Å². The summed E-state index contributed by atoms with van der Waals surface area (Å²) in [7, 11) is 0. The summed E-state index contributed by atoms with van der Waals surface area (Å²) in [4.78, 5) is 16.3. The van der Waals surface area contributed by atoms with Crippen LogP contribution in [0.5, 0.6) is 0 Å². The van der Waals surface area contributed by atoms with E-state index in [4.69, 9.17) is 4.52 Å². The van der Waals surface area contributed by atoms with Gasteiger partial charge in [0.2, 0.25) is 5.91 Å². The van der Waals surface area contributed by atoms with Crippen molar-refractivity contribution in [3.8, 4) is 0 Å². The highest BCUT2D eigenvalue weighted by molar-refractivity contribution is 7.99. The van der Waals surface area contributed by atoms with Gasteiger partial charge in [-0.2, -0.15) is 0 Å². The highest BCUT2D eigenvalue weighted by atomic mass is 32.2. The minimum absolute atomic E-state index is 0.120. The number of rotatable bonds is 5. The molecule has 1 amide bonds. The van der Waals surface area contributed by atoms with Crippen LogP contribution in [0.1, 0.15) is 23.7 Å². The molecule has 0 radical (unpaired) electrons. The molecule has 3 aromatic rings. The molecule has 0 unspecified atom stereocenters. The molecule has 0 fully saturated rings. The van der Waals surface area contributed by atoms with E-state index in [9.17, 15) is 4.79 Å². The standard InChI is InChI=1S/C14H16N6O2S/c1-8-6-12-17-18-14(20(12)10(3)15-8)23-5-4-13(21)16-11-7-9(2)22-19-11/h6-7H,4-5H2,1-3H3,(H,16,19,21). The minimum Gasteiger partial charge on any atom is -0.360 e. The summed E-state index contributed by atoms with van der Waals surface area (Å²) in [6.45, 7) is 5.60. The molecule has 0 aliphatic heterocycles. The van der Waals surface area contributed by atoms with Crippen LogP contribution in [0.25, 0.3) is 5.65 Å². The third-order valence-corrected chi connectivity index (χ3v) is 4.04. The number of carbonyl (C=O) groups excluding carboxylic acids is 1. The lowest BCUT2D eigenvalue weighted by Gasteiger charge is -2.04. The number of aryl methyl sites for hydroxylation is 3. The Balaban J connectivity index is 1.59. The first-order chi connectivity index (χ1) is 11.0. The number of amides is 1. The van der Waals surface area contributed by atoms with Crippen molar-refractivity contribution in [2.75, 3.05) is 11.1 Å². The van der Waals surface area contributed by atoms with Crippen LogP contribution in [0.3, 0.4) is 0 Å². The lowest BCUT2D eigenvalue weighted by molar-refractivity contribution is -0.115. The van der Waals surface area contributed by atoms with Gasteiger partial charge >= 0.3 is 0 Å². The summed E-state index contributed by atoms with van der Waals surface area (Å²) < 4.78 is 6.79. The van der Waals surface area contributed by atoms with Gasteiger partial charge in [-0.3, -0.25) is 9.20 Å². The second-order valence-electron chi connectivity index (χ2n) is 5.09. The van der Waals surface area contributed by atoms with E-state index in [-0.39, 0.29) is 5.91 Å². The average Bonchev–Trinajstić information content (AvgIpc) is 3.05. The summed E-state index contributed by atoms with van der Waals surface area (Å²) in [6, 6.07) is 3.55. The van der Waals surface area contributed by atoms with E-state index < -0.39 is 0 Å². The van der Waals surface area contributed by atoms with Crippen molar-refractivity contribution >= 4 is 29.1 Å². The second kappa shape index (κ2) is 6.37. The smallest absolute Gasteiger partial charge is 0.226 e. The molecule has 0 bridgehead atoms. The number of thioether (sulfide) groups is 1. The molecule has 0 atom stereocenters.